The first-order chi connectivity index (χ1) is 10.00. The van der Waals surface area contributed by atoms with Crippen molar-refractivity contribution in [3.05, 3.63) is 35.1 Å². The van der Waals surface area contributed by atoms with E-state index in [2.05, 4.69) is 0 Å². The molecule has 112 valence electrons. The van der Waals surface area contributed by atoms with Crippen LogP contribution in [0.4, 0.5) is 4.39 Å². The molecule has 1 aromatic rings. The van der Waals surface area contributed by atoms with Crippen molar-refractivity contribution >= 4 is 5.91 Å². The largest absolute Gasteiger partial charge is 0.337 e. The van der Waals surface area contributed by atoms with E-state index < -0.39 is 11.4 Å². The Morgan fingerprint density at radius 3 is 2.67 bits per heavy atom. The summed E-state index contributed by atoms with van der Waals surface area (Å²) in [7, 11) is 0. The summed E-state index contributed by atoms with van der Waals surface area (Å²) in [5.74, 6) is -0.566. The number of hydrogen-bond donors (Lipinski definition) is 1. The first-order valence-electron chi connectivity index (χ1n) is 7.27. The Bertz CT molecular complexity index is 573. The molecule has 1 saturated carbocycles. The molecule has 1 aliphatic rings. The van der Waals surface area contributed by atoms with E-state index in [1.165, 1.54) is 6.07 Å². The molecule has 5 heteroatoms. The highest BCUT2D eigenvalue weighted by Gasteiger charge is 2.39. The van der Waals surface area contributed by atoms with Crippen LogP contribution in [0.5, 0.6) is 0 Å². The molecule has 0 unspecified atom stereocenters. The number of nitriles is 1. The van der Waals surface area contributed by atoms with Crippen molar-refractivity contribution in [3.63, 3.8) is 0 Å². The van der Waals surface area contributed by atoms with E-state index in [-0.39, 0.29) is 18.0 Å². The van der Waals surface area contributed by atoms with E-state index >= 15 is 0 Å². The highest BCUT2D eigenvalue weighted by Crippen LogP contribution is 2.29. The third-order valence-electron chi connectivity index (χ3n) is 4.13. The lowest BCUT2D eigenvalue weighted by Gasteiger charge is -2.31. The molecule has 0 heterocycles. The highest BCUT2D eigenvalue weighted by molar-refractivity contribution is 5.86. The Labute approximate surface area is 124 Å². The molecule has 21 heavy (non-hydrogen) atoms. The zero-order valence-electron chi connectivity index (χ0n) is 12.2. The second-order valence-corrected chi connectivity index (χ2v) is 5.60. The summed E-state index contributed by atoms with van der Waals surface area (Å²) in [6.07, 6.45) is 3.31. The molecule has 0 saturated heterocycles. The minimum atomic E-state index is -0.793. The molecule has 0 radical (unpaired) electrons. The molecule has 0 spiro atoms. The van der Waals surface area contributed by atoms with Crippen LogP contribution in [0, 0.1) is 17.1 Å². The molecule has 2 N–H and O–H groups in total. The van der Waals surface area contributed by atoms with Crippen molar-refractivity contribution in [3.8, 4) is 6.07 Å². The van der Waals surface area contributed by atoms with Gasteiger partial charge in [-0.3, -0.25) is 4.79 Å². The van der Waals surface area contributed by atoms with Gasteiger partial charge in [-0.1, -0.05) is 18.9 Å². The zero-order valence-corrected chi connectivity index (χ0v) is 12.2. The van der Waals surface area contributed by atoms with Crippen LogP contribution >= 0.6 is 0 Å². The first kappa shape index (κ1) is 15.5. The number of benzene rings is 1. The maximum atomic E-state index is 13.9. The van der Waals surface area contributed by atoms with Gasteiger partial charge in [0.15, 0.2) is 0 Å². The van der Waals surface area contributed by atoms with Crippen molar-refractivity contribution in [1.82, 2.24) is 4.90 Å². The molecular formula is C16H20FN3O. The topological polar surface area (TPSA) is 70.1 Å². The summed E-state index contributed by atoms with van der Waals surface area (Å²) in [4.78, 5) is 14.2. The second-order valence-electron chi connectivity index (χ2n) is 5.60. The molecule has 0 atom stereocenters. The van der Waals surface area contributed by atoms with E-state index in [4.69, 9.17) is 11.0 Å². The van der Waals surface area contributed by atoms with Gasteiger partial charge in [0.2, 0.25) is 5.91 Å². The van der Waals surface area contributed by atoms with Crippen LogP contribution in [0.1, 0.15) is 43.7 Å². The van der Waals surface area contributed by atoms with Gasteiger partial charge < -0.3 is 10.6 Å². The van der Waals surface area contributed by atoms with E-state index in [1.807, 2.05) is 13.0 Å². The lowest BCUT2D eigenvalue weighted by atomic mass is 9.96. The lowest BCUT2D eigenvalue weighted by molar-refractivity contribution is -0.137. The molecule has 2 rings (SSSR count). The first-order valence-corrected chi connectivity index (χ1v) is 7.27. The number of amides is 1. The van der Waals surface area contributed by atoms with Crippen LogP contribution in [0.15, 0.2) is 18.2 Å². The van der Waals surface area contributed by atoms with Gasteiger partial charge in [-0.05, 0) is 31.9 Å². The summed E-state index contributed by atoms with van der Waals surface area (Å²) in [5, 5.41) is 8.75. The quantitative estimate of drug-likeness (QED) is 0.924. The third kappa shape index (κ3) is 3.22. The summed E-state index contributed by atoms with van der Waals surface area (Å²) in [5.41, 5.74) is 6.08. The molecule has 0 aliphatic heterocycles. The Morgan fingerprint density at radius 2 is 2.14 bits per heavy atom. The fourth-order valence-electron chi connectivity index (χ4n) is 2.81. The Morgan fingerprint density at radius 1 is 1.48 bits per heavy atom. The number of carbonyl (C=O) groups excluding carboxylic acids is 1. The van der Waals surface area contributed by atoms with Crippen LogP contribution in [0.2, 0.25) is 0 Å². The molecule has 0 aromatic heterocycles. The minimum absolute atomic E-state index is 0.105. The maximum Gasteiger partial charge on any atom is 0.242 e. The number of likely N-dealkylation sites (N-methyl/N-ethyl adjacent to an activating group) is 1. The molecule has 4 nitrogen and oxygen atoms in total. The Balaban J connectivity index is 2.16. The van der Waals surface area contributed by atoms with Crippen LogP contribution in [-0.2, 0) is 11.3 Å². The van der Waals surface area contributed by atoms with Crippen molar-refractivity contribution in [2.75, 3.05) is 6.54 Å². The summed E-state index contributed by atoms with van der Waals surface area (Å²) >= 11 is 0. The average molecular weight is 289 g/mol. The number of rotatable bonds is 4. The molecule has 1 aromatic carbocycles. The van der Waals surface area contributed by atoms with Gasteiger partial charge in [0.1, 0.15) is 5.82 Å². The Kier molecular flexibility index (Phi) is 4.59. The van der Waals surface area contributed by atoms with Gasteiger partial charge in [-0.2, -0.15) is 5.26 Å². The molecule has 1 amide bonds. The number of halogens is 1. The highest BCUT2D eigenvalue weighted by atomic mass is 19.1. The van der Waals surface area contributed by atoms with Gasteiger partial charge in [-0.25, -0.2) is 4.39 Å². The van der Waals surface area contributed by atoms with Gasteiger partial charge in [-0.15, -0.1) is 0 Å². The van der Waals surface area contributed by atoms with Crippen LogP contribution in [-0.4, -0.2) is 22.9 Å². The molecule has 1 aliphatic carbocycles. The predicted molar refractivity (Wildman–Crippen MR) is 77.6 cm³/mol. The van der Waals surface area contributed by atoms with Crippen molar-refractivity contribution in [2.24, 2.45) is 5.73 Å². The van der Waals surface area contributed by atoms with Crippen molar-refractivity contribution in [1.29, 1.82) is 5.26 Å². The standard InChI is InChI=1S/C16H20FN3O/c1-2-20(15(21)16(19)7-3-4-8-16)11-13-6-5-12(10-18)9-14(13)17/h5-6,9H,2-4,7-8,11,19H2,1H3. The smallest absolute Gasteiger partial charge is 0.242 e. The van der Waals surface area contributed by atoms with E-state index in [9.17, 15) is 9.18 Å². The minimum Gasteiger partial charge on any atom is -0.337 e. The van der Waals surface area contributed by atoms with Crippen LogP contribution in [0.3, 0.4) is 0 Å². The van der Waals surface area contributed by atoms with Crippen molar-refractivity contribution in [2.45, 2.75) is 44.7 Å². The lowest BCUT2D eigenvalue weighted by Crippen LogP contribution is -2.53. The van der Waals surface area contributed by atoms with E-state index in [0.717, 1.165) is 12.8 Å². The summed E-state index contributed by atoms with van der Waals surface area (Å²) in [6.45, 7) is 2.53. The molecule has 1 fully saturated rings. The van der Waals surface area contributed by atoms with Gasteiger partial charge in [0.25, 0.3) is 0 Å². The normalized spacial score (nSPS) is 16.5. The fraction of sp³-hybridized carbons (Fsp3) is 0.500. The maximum absolute atomic E-state index is 13.9. The molecule has 0 bridgehead atoms. The SMILES string of the molecule is CCN(Cc1ccc(C#N)cc1F)C(=O)C1(N)CCCC1. The van der Waals surface area contributed by atoms with E-state index in [0.29, 0.717) is 24.9 Å². The predicted octanol–water partition coefficient (Wildman–Crippen LogP) is 2.32. The molecular weight excluding hydrogens is 269 g/mol. The van der Waals surface area contributed by atoms with Gasteiger partial charge >= 0.3 is 0 Å². The monoisotopic (exact) mass is 289 g/mol. The average Bonchev–Trinajstić information content (AvgIpc) is 2.93. The third-order valence-corrected chi connectivity index (χ3v) is 4.13. The Hall–Kier alpha value is -1.93. The fourth-order valence-corrected chi connectivity index (χ4v) is 2.81. The number of nitrogens with zero attached hydrogens (tertiary/aromatic N) is 2. The van der Waals surface area contributed by atoms with Gasteiger partial charge in [0.05, 0.1) is 17.2 Å². The number of hydrogen-bond acceptors (Lipinski definition) is 3. The summed E-state index contributed by atoms with van der Waals surface area (Å²) < 4.78 is 13.9. The van der Waals surface area contributed by atoms with Gasteiger partial charge in [0, 0.05) is 18.7 Å². The number of carbonyl (C=O) groups is 1. The number of nitrogens with two attached hydrogens (primary N) is 1. The zero-order chi connectivity index (χ0) is 15.5. The van der Waals surface area contributed by atoms with Crippen LogP contribution < -0.4 is 5.73 Å². The summed E-state index contributed by atoms with van der Waals surface area (Å²) in [6, 6.07) is 6.21. The second kappa shape index (κ2) is 6.23. The van der Waals surface area contributed by atoms with Crippen LogP contribution in [0.25, 0.3) is 0 Å². The van der Waals surface area contributed by atoms with Crippen molar-refractivity contribution < 1.29 is 9.18 Å². The van der Waals surface area contributed by atoms with E-state index in [1.54, 1.807) is 17.0 Å².